The summed E-state index contributed by atoms with van der Waals surface area (Å²) in [4.78, 5) is 16.3. The Balaban J connectivity index is 2.10. The van der Waals surface area contributed by atoms with Crippen molar-refractivity contribution >= 4 is 17.3 Å². The highest BCUT2D eigenvalue weighted by Gasteiger charge is 2.12. The summed E-state index contributed by atoms with van der Waals surface area (Å²) < 4.78 is 6.91. The molecule has 0 amide bonds. The van der Waals surface area contributed by atoms with Gasteiger partial charge in [-0.05, 0) is 31.9 Å². The fourth-order valence-electron chi connectivity index (χ4n) is 1.87. The van der Waals surface area contributed by atoms with Gasteiger partial charge in [0, 0.05) is 11.6 Å². The lowest BCUT2D eigenvalue weighted by atomic mass is 10.3. The van der Waals surface area contributed by atoms with E-state index < -0.39 is 0 Å². The van der Waals surface area contributed by atoms with Crippen LogP contribution in [0.4, 0.5) is 0 Å². The number of aryl methyl sites for hydroxylation is 1. The lowest BCUT2D eigenvalue weighted by Gasteiger charge is -2.06. The van der Waals surface area contributed by atoms with Crippen LogP contribution in [0.3, 0.4) is 0 Å². The van der Waals surface area contributed by atoms with Gasteiger partial charge in [0.25, 0.3) is 0 Å². The van der Waals surface area contributed by atoms with Crippen molar-refractivity contribution in [3.63, 3.8) is 0 Å². The summed E-state index contributed by atoms with van der Waals surface area (Å²) in [6.45, 7) is 4.96. The molecular formula is C14H18N2O2S. The van der Waals surface area contributed by atoms with Gasteiger partial charge in [0.1, 0.15) is 5.69 Å². The molecule has 4 nitrogen and oxygen atoms in total. The monoisotopic (exact) mass is 278 g/mol. The molecule has 102 valence electrons. The van der Waals surface area contributed by atoms with E-state index in [9.17, 15) is 4.79 Å². The molecular weight excluding hydrogens is 260 g/mol. The van der Waals surface area contributed by atoms with Crippen molar-refractivity contribution in [1.82, 2.24) is 9.55 Å². The Morgan fingerprint density at radius 1 is 1.47 bits per heavy atom. The lowest BCUT2D eigenvalue weighted by molar-refractivity contribution is 0.0514. The van der Waals surface area contributed by atoms with Crippen LogP contribution < -0.4 is 0 Å². The van der Waals surface area contributed by atoms with Gasteiger partial charge in [-0.25, -0.2) is 9.78 Å². The average molecular weight is 278 g/mol. The summed E-state index contributed by atoms with van der Waals surface area (Å²) in [6, 6.07) is 3.63. The summed E-state index contributed by atoms with van der Waals surface area (Å²) in [7, 11) is 0. The minimum absolute atomic E-state index is 0.281. The molecule has 0 atom stereocenters. The lowest BCUT2D eigenvalue weighted by Crippen LogP contribution is -2.12. The molecule has 2 rings (SSSR count). The summed E-state index contributed by atoms with van der Waals surface area (Å²) in [6.07, 6.45) is 4.00. The smallest absolute Gasteiger partial charge is 0.354 e. The highest BCUT2D eigenvalue weighted by atomic mass is 32.1. The van der Waals surface area contributed by atoms with E-state index in [-0.39, 0.29) is 5.97 Å². The SMILES string of the molecule is CCCc1nc(Cn2cccc2C(=O)OCC)cs1. The molecule has 0 saturated carbocycles. The van der Waals surface area contributed by atoms with Crippen molar-refractivity contribution in [2.45, 2.75) is 33.2 Å². The van der Waals surface area contributed by atoms with E-state index in [1.165, 1.54) is 0 Å². The molecule has 0 spiro atoms. The molecule has 2 heterocycles. The maximum absolute atomic E-state index is 11.8. The van der Waals surface area contributed by atoms with Gasteiger partial charge in [0.15, 0.2) is 0 Å². The number of hydrogen-bond donors (Lipinski definition) is 0. The van der Waals surface area contributed by atoms with Crippen LogP contribution in [0.15, 0.2) is 23.7 Å². The fourth-order valence-corrected chi connectivity index (χ4v) is 2.76. The van der Waals surface area contributed by atoms with Crippen LogP contribution in [0, 0.1) is 0 Å². The number of carbonyl (C=O) groups is 1. The Morgan fingerprint density at radius 3 is 3.05 bits per heavy atom. The summed E-state index contributed by atoms with van der Waals surface area (Å²) in [5.74, 6) is -0.281. The summed E-state index contributed by atoms with van der Waals surface area (Å²) >= 11 is 1.68. The Labute approximate surface area is 117 Å². The molecule has 0 fully saturated rings. The van der Waals surface area contributed by atoms with E-state index in [1.807, 2.05) is 23.8 Å². The molecule has 0 saturated heterocycles. The Kier molecular flexibility index (Phi) is 4.74. The van der Waals surface area contributed by atoms with Crippen LogP contribution in [0.5, 0.6) is 0 Å². The number of rotatable bonds is 6. The Bertz CT molecular complexity index is 545. The first-order chi connectivity index (χ1) is 9.24. The maximum atomic E-state index is 11.8. The van der Waals surface area contributed by atoms with E-state index >= 15 is 0 Å². The second kappa shape index (κ2) is 6.52. The molecule has 0 aliphatic carbocycles. The van der Waals surface area contributed by atoms with E-state index in [1.54, 1.807) is 17.4 Å². The Morgan fingerprint density at radius 2 is 2.32 bits per heavy atom. The molecule has 19 heavy (non-hydrogen) atoms. The summed E-state index contributed by atoms with van der Waals surface area (Å²) in [5.41, 5.74) is 1.57. The standard InChI is InChI=1S/C14H18N2O2S/c1-3-6-13-15-11(10-19-13)9-16-8-5-7-12(16)14(17)18-4-2/h5,7-8,10H,3-4,6,9H2,1-2H3. The molecule has 0 radical (unpaired) electrons. The van der Waals surface area contributed by atoms with E-state index in [0.29, 0.717) is 18.8 Å². The first-order valence-electron chi connectivity index (χ1n) is 6.50. The molecule has 0 aliphatic heterocycles. The number of esters is 1. The van der Waals surface area contributed by atoms with Gasteiger partial charge in [-0.1, -0.05) is 6.92 Å². The van der Waals surface area contributed by atoms with Crippen LogP contribution >= 0.6 is 11.3 Å². The van der Waals surface area contributed by atoms with Crippen molar-refractivity contribution in [2.75, 3.05) is 6.61 Å². The van der Waals surface area contributed by atoms with E-state index in [4.69, 9.17) is 4.74 Å². The first-order valence-corrected chi connectivity index (χ1v) is 7.38. The third-order valence-electron chi connectivity index (χ3n) is 2.71. The van der Waals surface area contributed by atoms with Crippen LogP contribution in [0.25, 0.3) is 0 Å². The highest BCUT2D eigenvalue weighted by Crippen LogP contribution is 2.14. The largest absolute Gasteiger partial charge is 0.461 e. The van der Waals surface area contributed by atoms with Gasteiger partial charge in [-0.2, -0.15) is 0 Å². The van der Waals surface area contributed by atoms with Crippen molar-refractivity contribution < 1.29 is 9.53 Å². The number of thiazole rings is 1. The van der Waals surface area contributed by atoms with Crippen molar-refractivity contribution in [1.29, 1.82) is 0 Å². The van der Waals surface area contributed by atoms with Gasteiger partial charge in [-0.3, -0.25) is 0 Å². The third-order valence-corrected chi connectivity index (χ3v) is 3.67. The fraction of sp³-hybridized carbons (Fsp3) is 0.429. The molecule has 2 aromatic heterocycles. The van der Waals surface area contributed by atoms with E-state index in [2.05, 4.69) is 17.3 Å². The zero-order valence-corrected chi connectivity index (χ0v) is 12.1. The summed E-state index contributed by atoms with van der Waals surface area (Å²) in [5, 5.41) is 3.21. The van der Waals surface area contributed by atoms with Gasteiger partial charge >= 0.3 is 5.97 Å². The maximum Gasteiger partial charge on any atom is 0.354 e. The molecule has 0 unspecified atom stereocenters. The van der Waals surface area contributed by atoms with Gasteiger partial charge in [0.05, 0.1) is 23.9 Å². The van der Waals surface area contributed by atoms with Crippen LogP contribution in [-0.4, -0.2) is 22.1 Å². The normalized spacial score (nSPS) is 10.6. The molecule has 0 N–H and O–H groups in total. The quantitative estimate of drug-likeness (QED) is 0.763. The predicted octanol–water partition coefficient (Wildman–Crippen LogP) is 3.12. The van der Waals surface area contributed by atoms with Crippen LogP contribution in [0.2, 0.25) is 0 Å². The number of aromatic nitrogens is 2. The predicted molar refractivity (Wildman–Crippen MR) is 75.6 cm³/mol. The number of nitrogens with zero attached hydrogens (tertiary/aromatic N) is 2. The van der Waals surface area contributed by atoms with Crippen molar-refractivity contribution in [3.8, 4) is 0 Å². The molecule has 5 heteroatoms. The zero-order chi connectivity index (χ0) is 13.7. The topological polar surface area (TPSA) is 44.1 Å². The minimum atomic E-state index is -0.281. The number of ether oxygens (including phenoxy) is 1. The van der Waals surface area contributed by atoms with Crippen molar-refractivity contribution in [3.05, 3.63) is 40.1 Å². The molecule has 0 aromatic carbocycles. The average Bonchev–Trinajstić information content (AvgIpc) is 3.00. The van der Waals surface area contributed by atoms with Crippen LogP contribution in [0.1, 0.15) is 41.5 Å². The van der Waals surface area contributed by atoms with Gasteiger partial charge < -0.3 is 9.30 Å². The van der Waals surface area contributed by atoms with Gasteiger partial charge in [0.2, 0.25) is 0 Å². The first kappa shape index (κ1) is 13.8. The second-order valence-corrected chi connectivity index (χ2v) is 5.17. The third kappa shape index (κ3) is 3.44. The van der Waals surface area contributed by atoms with Crippen LogP contribution in [-0.2, 0) is 17.7 Å². The van der Waals surface area contributed by atoms with Crippen molar-refractivity contribution in [2.24, 2.45) is 0 Å². The number of hydrogen-bond acceptors (Lipinski definition) is 4. The van der Waals surface area contributed by atoms with Gasteiger partial charge in [-0.15, -0.1) is 11.3 Å². The van der Waals surface area contributed by atoms with E-state index in [0.717, 1.165) is 23.5 Å². The molecule has 0 bridgehead atoms. The highest BCUT2D eigenvalue weighted by molar-refractivity contribution is 7.09. The zero-order valence-electron chi connectivity index (χ0n) is 11.3. The molecule has 2 aromatic rings. The molecule has 0 aliphatic rings. The minimum Gasteiger partial charge on any atom is -0.461 e. The number of carbonyl (C=O) groups excluding carboxylic acids is 1. The second-order valence-electron chi connectivity index (χ2n) is 4.22. The Hall–Kier alpha value is -1.62.